The Morgan fingerprint density at radius 1 is 1.22 bits per heavy atom. The van der Waals surface area contributed by atoms with E-state index >= 15 is 0 Å². The normalized spacial score (nSPS) is 11.9. The van der Waals surface area contributed by atoms with Crippen LogP contribution in [0.1, 0.15) is 38.3 Å². The molecule has 1 aromatic rings. The molecule has 0 amide bonds. The summed E-state index contributed by atoms with van der Waals surface area (Å²) in [5.74, 6) is 0.909. The average molecular weight is 250 g/mol. The van der Waals surface area contributed by atoms with Crippen molar-refractivity contribution >= 4 is 6.08 Å². The van der Waals surface area contributed by atoms with Gasteiger partial charge in [0.25, 0.3) is 0 Å². The molecule has 0 spiro atoms. The Labute approximate surface area is 112 Å². The summed E-state index contributed by atoms with van der Waals surface area (Å²) < 4.78 is 10.5. The van der Waals surface area contributed by atoms with Crippen molar-refractivity contribution in [1.29, 1.82) is 0 Å². The summed E-state index contributed by atoms with van der Waals surface area (Å²) in [6.07, 6.45) is 5.37. The molecular formula is C16H26O2. The fourth-order valence-electron chi connectivity index (χ4n) is 1.47. The predicted molar refractivity (Wildman–Crippen MR) is 79.2 cm³/mol. The van der Waals surface area contributed by atoms with Crippen LogP contribution in [0.5, 0.6) is 5.75 Å². The molecular weight excluding hydrogens is 224 g/mol. The Hall–Kier alpha value is -1.28. The highest BCUT2D eigenvalue weighted by molar-refractivity contribution is 5.58. The maximum atomic E-state index is 5.30. The Balaban J connectivity index is 0.00000137. The standard InChI is InChI=1S/C14H20O2.C2H6/c1-11-8-9-14(16-4)13(10-11)7-5-6-12(2)15-3;1-2/h5,7-10,12H,6H2,1-4H3;1-2H3/b7-5+;. The Morgan fingerprint density at radius 3 is 2.44 bits per heavy atom. The molecule has 1 rings (SSSR count). The minimum atomic E-state index is 0.257. The van der Waals surface area contributed by atoms with Crippen molar-refractivity contribution in [2.24, 2.45) is 0 Å². The van der Waals surface area contributed by atoms with Gasteiger partial charge in [0.1, 0.15) is 5.75 Å². The molecule has 0 aromatic heterocycles. The SMILES string of the molecule is CC.COc1ccc(C)cc1/C=C/CC(C)OC. The maximum Gasteiger partial charge on any atom is 0.126 e. The van der Waals surface area contributed by atoms with E-state index in [0.29, 0.717) is 0 Å². The van der Waals surface area contributed by atoms with Gasteiger partial charge in [-0.25, -0.2) is 0 Å². The van der Waals surface area contributed by atoms with Gasteiger partial charge in [0.2, 0.25) is 0 Å². The van der Waals surface area contributed by atoms with E-state index in [1.807, 2.05) is 26.0 Å². The molecule has 0 aliphatic carbocycles. The van der Waals surface area contributed by atoms with Gasteiger partial charge >= 0.3 is 0 Å². The lowest BCUT2D eigenvalue weighted by molar-refractivity contribution is 0.121. The predicted octanol–water partition coefficient (Wildman–Crippen LogP) is 4.47. The van der Waals surface area contributed by atoms with Crippen molar-refractivity contribution in [3.8, 4) is 5.75 Å². The Bertz CT molecular complexity index is 356. The molecule has 2 heteroatoms. The Morgan fingerprint density at radius 2 is 1.89 bits per heavy atom. The van der Waals surface area contributed by atoms with Crippen LogP contribution in [-0.2, 0) is 4.74 Å². The second-order valence-corrected chi connectivity index (χ2v) is 3.93. The molecule has 2 nitrogen and oxygen atoms in total. The quantitative estimate of drug-likeness (QED) is 0.767. The van der Waals surface area contributed by atoms with Crippen LogP contribution in [0, 0.1) is 6.92 Å². The number of methoxy groups -OCH3 is 2. The minimum absolute atomic E-state index is 0.257. The van der Waals surface area contributed by atoms with E-state index < -0.39 is 0 Å². The first-order valence-electron chi connectivity index (χ1n) is 6.51. The molecule has 0 aliphatic rings. The van der Waals surface area contributed by atoms with Crippen LogP contribution >= 0.6 is 0 Å². The van der Waals surface area contributed by atoms with Crippen molar-refractivity contribution < 1.29 is 9.47 Å². The van der Waals surface area contributed by atoms with Gasteiger partial charge in [0.15, 0.2) is 0 Å². The van der Waals surface area contributed by atoms with Gasteiger partial charge in [-0.05, 0) is 32.4 Å². The van der Waals surface area contributed by atoms with Gasteiger partial charge in [-0.3, -0.25) is 0 Å². The van der Waals surface area contributed by atoms with Gasteiger partial charge in [-0.2, -0.15) is 0 Å². The zero-order valence-electron chi connectivity index (χ0n) is 12.5. The molecule has 102 valence electrons. The number of benzene rings is 1. The average Bonchev–Trinajstić information content (AvgIpc) is 2.41. The van der Waals surface area contributed by atoms with E-state index in [1.54, 1.807) is 14.2 Å². The topological polar surface area (TPSA) is 18.5 Å². The molecule has 18 heavy (non-hydrogen) atoms. The lowest BCUT2D eigenvalue weighted by Gasteiger charge is -2.07. The van der Waals surface area contributed by atoms with E-state index in [9.17, 15) is 0 Å². The largest absolute Gasteiger partial charge is 0.496 e. The first kappa shape index (κ1) is 16.7. The summed E-state index contributed by atoms with van der Waals surface area (Å²) in [5.41, 5.74) is 2.35. The molecule has 0 N–H and O–H groups in total. The van der Waals surface area contributed by atoms with Gasteiger partial charge in [-0.1, -0.05) is 37.6 Å². The monoisotopic (exact) mass is 250 g/mol. The number of ether oxygens (including phenoxy) is 2. The van der Waals surface area contributed by atoms with Gasteiger partial charge < -0.3 is 9.47 Å². The molecule has 0 fully saturated rings. The third-order valence-electron chi connectivity index (χ3n) is 2.55. The summed E-state index contributed by atoms with van der Waals surface area (Å²) in [4.78, 5) is 0. The first-order valence-corrected chi connectivity index (χ1v) is 6.51. The highest BCUT2D eigenvalue weighted by Gasteiger charge is 2.00. The second kappa shape index (κ2) is 9.72. The lowest BCUT2D eigenvalue weighted by Crippen LogP contribution is -2.01. The number of aryl methyl sites for hydroxylation is 1. The zero-order valence-corrected chi connectivity index (χ0v) is 12.5. The number of rotatable bonds is 5. The highest BCUT2D eigenvalue weighted by atomic mass is 16.5. The van der Waals surface area contributed by atoms with Crippen LogP contribution in [-0.4, -0.2) is 20.3 Å². The van der Waals surface area contributed by atoms with E-state index in [2.05, 4.69) is 32.1 Å². The van der Waals surface area contributed by atoms with Crippen molar-refractivity contribution in [3.05, 3.63) is 35.4 Å². The fourth-order valence-corrected chi connectivity index (χ4v) is 1.47. The van der Waals surface area contributed by atoms with Crippen LogP contribution in [0.25, 0.3) is 6.08 Å². The van der Waals surface area contributed by atoms with Crippen LogP contribution in [0.4, 0.5) is 0 Å². The second-order valence-electron chi connectivity index (χ2n) is 3.93. The highest BCUT2D eigenvalue weighted by Crippen LogP contribution is 2.21. The molecule has 1 atom stereocenters. The summed E-state index contributed by atoms with van der Waals surface area (Å²) >= 11 is 0. The third kappa shape index (κ3) is 5.87. The summed E-state index contributed by atoms with van der Waals surface area (Å²) in [6, 6.07) is 6.16. The molecule has 1 aromatic carbocycles. The van der Waals surface area contributed by atoms with Crippen molar-refractivity contribution in [2.75, 3.05) is 14.2 Å². The molecule has 0 saturated carbocycles. The molecule has 0 heterocycles. The first-order chi connectivity index (χ1) is 8.67. The van der Waals surface area contributed by atoms with E-state index in [0.717, 1.165) is 17.7 Å². The molecule has 0 aliphatic heterocycles. The molecule has 1 unspecified atom stereocenters. The van der Waals surface area contributed by atoms with Crippen LogP contribution in [0.3, 0.4) is 0 Å². The number of hydrogen-bond acceptors (Lipinski definition) is 2. The van der Waals surface area contributed by atoms with E-state index in [4.69, 9.17) is 9.47 Å². The van der Waals surface area contributed by atoms with Crippen LogP contribution in [0.15, 0.2) is 24.3 Å². The lowest BCUT2D eigenvalue weighted by atomic mass is 10.1. The van der Waals surface area contributed by atoms with Gasteiger partial charge in [0, 0.05) is 12.7 Å². The van der Waals surface area contributed by atoms with Crippen molar-refractivity contribution in [2.45, 2.75) is 40.2 Å². The molecule has 0 bridgehead atoms. The summed E-state index contributed by atoms with van der Waals surface area (Å²) in [7, 11) is 3.42. The van der Waals surface area contributed by atoms with Crippen molar-refractivity contribution in [1.82, 2.24) is 0 Å². The zero-order chi connectivity index (χ0) is 14.0. The Kier molecular flexibility index (Phi) is 9.03. The van der Waals surface area contributed by atoms with Crippen molar-refractivity contribution in [3.63, 3.8) is 0 Å². The smallest absolute Gasteiger partial charge is 0.126 e. The van der Waals surface area contributed by atoms with Crippen LogP contribution in [0.2, 0.25) is 0 Å². The summed E-state index contributed by atoms with van der Waals surface area (Å²) in [6.45, 7) is 8.13. The van der Waals surface area contributed by atoms with Crippen LogP contribution < -0.4 is 4.74 Å². The van der Waals surface area contributed by atoms with Gasteiger partial charge in [-0.15, -0.1) is 0 Å². The molecule has 0 saturated heterocycles. The van der Waals surface area contributed by atoms with Gasteiger partial charge in [0.05, 0.1) is 13.2 Å². The molecule has 0 radical (unpaired) electrons. The fraction of sp³-hybridized carbons (Fsp3) is 0.500. The van der Waals surface area contributed by atoms with E-state index in [-0.39, 0.29) is 6.10 Å². The minimum Gasteiger partial charge on any atom is -0.496 e. The third-order valence-corrected chi connectivity index (χ3v) is 2.55. The summed E-state index contributed by atoms with van der Waals surface area (Å²) in [5, 5.41) is 0. The van der Waals surface area contributed by atoms with E-state index in [1.165, 1.54) is 5.56 Å². The number of hydrogen-bond donors (Lipinski definition) is 0. The maximum absolute atomic E-state index is 5.30.